The van der Waals surface area contributed by atoms with Crippen LogP contribution in [0.4, 0.5) is 0 Å². The molecule has 1 heterocycles. The molecule has 1 aromatic heterocycles. The third kappa shape index (κ3) is 4.15. The minimum atomic E-state index is 0.201. The fourth-order valence-electron chi connectivity index (χ4n) is 3.72. The van der Waals surface area contributed by atoms with Gasteiger partial charge in [0.25, 0.3) is 0 Å². The molecule has 0 N–H and O–H groups in total. The first-order valence-electron chi connectivity index (χ1n) is 9.74. The minimum Gasteiger partial charge on any atom is -0.347 e. The fourth-order valence-corrected chi connectivity index (χ4v) is 3.72. The SMILES string of the molecule is CCCCCn1cc(CCC(C)(C)c2ccccc2)c2ccccc21. The van der Waals surface area contributed by atoms with Crippen LogP contribution in [0.1, 0.15) is 57.6 Å². The Hall–Kier alpha value is -2.02. The number of aryl methyl sites for hydroxylation is 2. The highest BCUT2D eigenvalue weighted by molar-refractivity contribution is 5.84. The van der Waals surface area contributed by atoms with E-state index in [2.05, 4.69) is 86.1 Å². The van der Waals surface area contributed by atoms with Crippen molar-refractivity contribution in [1.82, 2.24) is 4.57 Å². The fraction of sp³-hybridized carbons (Fsp3) is 0.417. The number of unbranched alkanes of at least 4 members (excludes halogenated alkanes) is 2. The molecule has 0 atom stereocenters. The van der Waals surface area contributed by atoms with Gasteiger partial charge in [-0.25, -0.2) is 0 Å². The van der Waals surface area contributed by atoms with Crippen LogP contribution in [-0.4, -0.2) is 4.57 Å². The largest absolute Gasteiger partial charge is 0.347 e. The molecular weight excluding hydrogens is 302 g/mol. The standard InChI is InChI=1S/C24H31N/c1-4-5-11-18-25-19-20(22-14-9-10-15-23(22)25)16-17-24(2,3)21-12-7-6-8-13-21/h6-10,12-15,19H,4-5,11,16-18H2,1-3H3. The van der Waals surface area contributed by atoms with Gasteiger partial charge in [-0.2, -0.15) is 0 Å². The van der Waals surface area contributed by atoms with Crippen LogP contribution >= 0.6 is 0 Å². The quantitative estimate of drug-likeness (QED) is 0.402. The maximum atomic E-state index is 2.47. The van der Waals surface area contributed by atoms with Crippen LogP contribution in [0.2, 0.25) is 0 Å². The van der Waals surface area contributed by atoms with Crippen LogP contribution in [0.25, 0.3) is 10.9 Å². The molecule has 0 aliphatic rings. The Kier molecular flexibility index (Phi) is 5.63. The summed E-state index contributed by atoms with van der Waals surface area (Å²) in [6.45, 7) is 8.13. The summed E-state index contributed by atoms with van der Waals surface area (Å²) < 4.78 is 2.47. The van der Waals surface area contributed by atoms with Crippen molar-refractivity contribution in [1.29, 1.82) is 0 Å². The summed E-state index contributed by atoms with van der Waals surface area (Å²) in [6, 6.07) is 19.8. The monoisotopic (exact) mass is 333 g/mol. The smallest absolute Gasteiger partial charge is 0.0483 e. The first kappa shape index (κ1) is 17.8. The van der Waals surface area contributed by atoms with Crippen LogP contribution in [-0.2, 0) is 18.4 Å². The van der Waals surface area contributed by atoms with Crippen LogP contribution in [0.15, 0.2) is 60.8 Å². The Balaban J connectivity index is 1.79. The summed E-state index contributed by atoms with van der Waals surface area (Å²) in [7, 11) is 0. The highest BCUT2D eigenvalue weighted by Gasteiger charge is 2.21. The number of fused-ring (bicyclic) bond motifs is 1. The van der Waals surface area contributed by atoms with Crippen molar-refractivity contribution in [2.45, 2.75) is 64.8 Å². The molecule has 0 unspecified atom stereocenters. The number of para-hydroxylation sites is 1. The molecule has 3 aromatic rings. The van der Waals surface area contributed by atoms with E-state index in [0.29, 0.717) is 0 Å². The Morgan fingerprint density at radius 3 is 2.36 bits per heavy atom. The topological polar surface area (TPSA) is 4.93 Å². The van der Waals surface area contributed by atoms with Gasteiger partial charge in [-0.15, -0.1) is 0 Å². The molecule has 0 saturated carbocycles. The third-order valence-electron chi connectivity index (χ3n) is 5.45. The molecule has 1 nitrogen and oxygen atoms in total. The van der Waals surface area contributed by atoms with E-state index in [1.54, 1.807) is 0 Å². The van der Waals surface area contributed by atoms with Crippen molar-refractivity contribution in [3.63, 3.8) is 0 Å². The summed E-state index contributed by atoms with van der Waals surface area (Å²) in [6.07, 6.45) is 8.55. The van der Waals surface area contributed by atoms with Crippen LogP contribution in [0, 0.1) is 0 Å². The van der Waals surface area contributed by atoms with Gasteiger partial charge in [0.1, 0.15) is 0 Å². The summed E-state index contributed by atoms with van der Waals surface area (Å²) in [5.41, 5.74) is 4.52. The van der Waals surface area contributed by atoms with E-state index in [9.17, 15) is 0 Å². The maximum absolute atomic E-state index is 2.47. The van der Waals surface area contributed by atoms with Gasteiger partial charge in [-0.05, 0) is 41.9 Å². The van der Waals surface area contributed by atoms with Crippen molar-refractivity contribution in [2.24, 2.45) is 0 Å². The lowest BCUT2D eigenvalue weighted by Gasteiger charge is -2.25. The normalized spacial score (nSPS) is 12.0. The van der Waals surface area contributed by atoms with Gasteiger partial charge in [-0.1, -0.05) is 82.1 Å². The van der Waals surface area contributed by atoms with Gasteiger partial charge in [0.2, 0.25) is 0 Å². The van der Waals surface area contributed by atoms with Crippen molar-refractivity contribution in [3.8, 4) is 0 Å². The average molecular weight is 334 g/mol. The Morgan fingerprint density at radius 2 is 1.60 bits per heavy atom. The molecule has 2 aromatic carbocycles. The van der Waals surface area contributed by atoms with Gasteiger partial charge in [0.05, 0.1) is 0 Å². The molecule has 0 aliphatic heterocycles. The van der Waals surface area contributed by atoms with Crippen molar-refractivity contribution < 1.29 is 0 Å². The van der Waals surface area contributed by atoms with Gasteiger partial charge in [-0.3, -0.25) is 0 Å². The lowest BCUT2D eigenvalue weighted by atomic mass is 9.80. The molecular formula is C24H31N. The number of hydrogen-bond donors (Lipinski definition) is 0. The summed E-state index contributed by atoms with van der Waals surface area (Å²) in [5, 5.41) is 1.43. The van der Waals surface area contributed by atoms with E-state index in [1.165, 1.54) is 47.7 Å². The van der Waals surface area contributed by atoms with Crippen LogP contribution in [0.3, 0.4) is 0 Å². The zero-order valence-corrected chi connectivity index (χ0v) is 16.0. The first-order valence-corrected chi connectivity index (χ1v) is 9.74. The molecule has 3 rings (SSSR count). The Bertz CT molecular complexity index is 795. The second-order valence-electron chi connectivity index (χ2n) is 7.82. The molecule has 0 saturated heterocycles. The van der Waals surface area contributed by atoms with E-state index in [0.717, 1.165) is 13.0 Å². The van der Waals surface area contributed by atoms with Gasteiger partial charge in [0, 0.05) is 23.6 Å². The molecule has 0 amide bonds. The van der Waals surface area contributed by atoms with Gasteiger partial charge < -0.3 is 4.57 Å². The predicted octanol–water partition coefficient (Wildman–Crippen LogP) is 6.74. The molecule has 0 aliphatic carbocycles. The zero-order valence-electron chi connectivity index (χ0n) is 16.0. The maximum Gasteiger partial charge on any atom is 0.0483 e. The second-order valence-corrected chi connectivity index (χ2v) is 7.82. The molecule has 25 heavy (non-hydrogen) atoms. The molecule has 0 radical (unpaired) electrons. The predicted molar refractivity (Wildman–Crippen MR) is 109 cm³/mol. The summed E-state index contributed by atoms with van der Waals surface area (Å²) >= 11 is 0. The molecule has 0 fully saturated rings. The van der Waals surface area contributed by atoms with Crippen LogP contribution in [0.5, 0.6) is 0 Å². The number of hydrogen-bond acceptors (Lipinski definition) is 0. The molecule has 132 valence electrons. The van der Waals surface area contributed by atoms with Gasteiger partial charge >= 0.3 is 0 Å². The van der Waals surface area contributed by atoms with Crippen molar-refractivity contribution >= 4 is 10.9 Å². The molecule has 0 bridgehead atoms. The minimum absolute atomic E-state index is 0.201. The lowest BCUT2D eigenvalue weighted by Crippen LogP contribution is -2.17. The van der Waals surface area contributed by atoms with Crippen molar-refractivity contribution in [3.05, 3.63) is 71.9 Å². The number of aromatic nitrogens is 1. The van der Waals surface area contributed by atoms with E-state index >= 15 is 0 Å². The van der Waals surface area contributed by atoms with E-state index in [1.807, 2.05) is 0 Å². The highest BCUT2D eigenvalue weighted by atomic mass is 15.0. The molecule has 0 spiro atoms. The molecule has 1 heteroatoms. The van der Waals surface area contributed by atoms with E-state index in [-0.39, 0.29) is 5.41 Å². The Labute approximate surface area is 152 Å². The average Bonchev–Trinajstić information content (AvgIpc) is 2.99. The first-order chi connectivity index (χ1) is 12.1. The zero-order chi connectivity index (χ0) is 17.7. The summed E-state index contributed by atoms with van der Waals surface area (Å²) in [5.74, 6) is 0. The second kappa shape index (κ2) is 7.91. The van der Waals surface area contributed by atoms with Crippen LogP contribution < -0.4 is 0 Å². The van der Waals surface area contributed by atoms with E-state index in [4.69, 9.17) is 0 Å². The highest BCUT2D eigenvalue weighted by Crippen LogP contribution is 2.31. The Morgan fingerprint density at radius 1 is 0.880 bits per heavy atom. The third-order valence-corrected chi connectivity index (χ3v) is 5.45. The number of benzene rings is 2. The van der Waals surface area contributed by atoms with E-state index < -0.39 is 0 Å². The van der Waals surface area contributed by atoms with Crippen molar-refractivity contribution in [2.75, 3.05) is 0 Å². The number of nitrogens with zero attached hydrogens (tertiary/aromatic N) is 1. The summed E-state index contributed by atoms with van der Waals surface area (Å²) in [4.78, 5) is 0. The van der Waals surface area contributed by atoms with Gasteiger partial charge in [0.15, 0.2) is 0 Å². The number of rotatable bonds is 8. The lowest BCUT2D eigenvalue weighted by molar-refractivity contribution is 0.480.